The highest BCUT2D eigenvalue weighted by Gasteiger charge is 2.46. The fourth-order valence-corrected chi connectivity index (χ4v) is 7.99. The van der Waals surface area contributed by atoms with Crippen LogP contribution in [-0.2, 0) is 13.6 Å². The van der Waals surface area contributed by atoms with Gasteiger partial charge in [0.05, 0.1) is 12.2 Å². The minimum atomic E-state index is -3.88. The van der Waals surface area contributed by atoms with Gasteiger partial charge in [-0.1, -0.05) is 78.1 Å². The number of hydrogen-bond donors (Lipinski definition) is 1. The normalized spacial score (nSPS) is 33.8. The van der Waals surface area contributed by atoms with Crippen molar-refractivity contribution in [2.75, 3.05) is 0 Å². The Bertz CT molecular complexity index is 758. The van der Waals surface area contributed by atoms with Crippen LogP contribution in [-0.4, -0.2) is 17.3 Å². The summed E-state index contributed by atoms with van der Waals surface area (Å²) in [5.41, 5.74) is 0.526. The van der Waals surface area contributed by atoms with Gasteiger partial charge in [0.1, 0.15) is 0 Å². The fraction of sp³-hybridized carbons (Fsp3) is 0.778. The van der Waals surface area contributed by atoms with E-state index in [0.29, 0.717) is 46.1 Å². The molecule has 1 unspecified atom stereocenters. The zero-order valence-electron chi connectivity index (χ0n) is 21.2. The van der Waals surface area contributed by atoms with Crippen molar-refractivity contribution < 1.29 is 18.7 Å². The van der Waals surface area contributed by atoms with Gasteiger partial charge in [0, 0.05) is 5.02 Å². The Balaban J connectivity index is 1.94. The largest absolute Gasteiger partial charge is 0.376 e. The SMILES string of the molecule is CC(C)[C@H]1CC[C@H](C)C[C@H]1OP(=O)(O[C@@H]1C[C@H](C)CC[C@H]1C(C)C)[C@H](O)c1ccc(Cl)cc1. The zero-order chi connectivity index (χ0) is 24.3. The lowest BCUT2D eigenvalue weighted by Crippen LogP contribution is -2.37. The van der Waals surface area contributed by atoms with E-state index in [0.717, 1.165) is 38.5 Å². The molecule has 0 bridgehead atoms. The van der Waals surface area contributed by atoms with Crippen molar-refractivity contribution in [1.82, 2.24) is 0 Å². The molecule has 0 aromatic heterocycles. The molecule has 33 heavy (non-hydrogen) atoms. The van der Waals surface area contributed by atoms with Gasteiger partial charge in [-0.3, -0.25) is 4.57 Å². The second kappa shape index (κ2) is 11.6. The molecule has 8 atom stereocenters. The summed E-state index contributed by atoms with van der Waals surface area (Å²) < 4.78 is 27.5. The predicted molar refractivity (Wildman–Crippen MR) is 136 cm³/mol. The molecule has 0 spiro atoms. The van der Waals surface area contributed by atoms with Crippen molar-refractivity contribution in [3.05, 3.63) is 34.9 Å². The van der Waals surface area contributed by atoms with Crippen LogP contribution in [0.5, 0.6) is 0 Å². The average Bonchev–Trinajstić information content (AvgIpc) is 2.73. The molecule has 0 amide bonds. The highest BCUT2D eigenvalue weighted by Crippen LogP contribution is 2.64. The van der Waals surface area contributed by atoms with E-state index in [-0.39, 0.29) is 12.2 Å². The van der Waals surface area contributed by atoms with E-state index in [2.05, 4.69) is 41.5 Å². The molecule has 4 nitrogen and oxygen atoms in total. The van der Waals surface area contributed by atoms with E-state index < -0.39 is 13.4 Å². The molecule has 2 saturated carbocycles. The van der Waals surface area contributed by atoms with E-state index >= 15 is 0 Å². The molecule has 2 aliphatic carbocycles. The number of benzene rings is 1. The number of rotatable bonds is 8. The van der Waals surface area contributed by atoms with E-state index in [1.807, 2.05) is 0 Å². The molecule has 1 aromatic carbocycles. The van der Waals surface area contributed by atoms with Crippen molar-refractivity contribution in [1.29, 1.82) is 0 Å². The summed E-state index contributed by atoms with van der Waals surface area (Å²) in [6.07, 6.45) is 5.74. The molecule has 0 saturated heterocycles. The van der Waals surface area contributed by atoms with Crippen LogP contribution in [0.3, 0.4) is 0 Å². The van der Waals surface area contributed by atoms with Crippen molar-refractivity contribution in [3.63, 3.8) is 0 Å². The van der Waals surface area contributed by atoms with Crippen LogP contribution in [0.1, 0.15) is 91.5 Å². The second-order valence-electron chi connectivity index (χ2n) is 11.4. The zero-order valence-corrected chi connectivity index (χ0v) is 22.9. The maximum atomic E-state index is 14.6. The van der Waals surface area contributed by atoms with Gasteiger partial charge in [-0.05, 0) is 78.9 Å². The van der Waals surface area contributed by atoms with E-state index in [4.69, 9.17) is 20.6 Å². The summed E-state index contributed by atoms with van der Waals surface area (Å²) in [6, 6.07) is 6.87. The van der Waals surface area contributed by atoms with Crippen LogP contribution in [0.25, 0.3) is 0 Å². The summed E-state index contributed by atoms with van der Waals surface area (Å²) >= 11 is 6.07. The van der Waals surface area contributed by atoms with Crippen molar-refractivity contribution in [3.8, 4) is 0 Å². The fourth-order valence-electron chi connectivity index (χ4n) is 5.81. The Morgan fingerprint density at radius 2 is 1.27 bits per heavy atom. The lowest BCUT2D eigenvalue weighted by atomic mass is 9.75. The van der Waals surface area contributed by atoms with Crippen molar-refractivity contribution in [2.45, 2.75) is 98.1 Å². The van der Waals surface area contributed by atoms with Gasteiger partial charge < -0.3 is 14.2 Å². The summed E-state index contributed by atoms with van der Waals surface area (Å²) in [7, 11) is -3.88. The third kappa shape index (κ3) is 6.85. The standard InChI is InChI=1S/C27H44ClO4P/c1-17(2)23-13-7-19(5)15-25(23)31-33(30,27(29)21-9-11-22(28)12-10-21)32-26-16-20(6)8-14-24(26)18(3)4/h9-12,17-20,23-27,29H,7-8,13-16H2,1-6H3/t19-,20+,23+,24-,25-,26-,27+,33?/m1/s1. The topological polar surface area (TPSA) is 55.8 Å². The first-order valence-electron chi connectivity index (χ1n) is 12.9. The van der Waals surface area contributed by atoms with Crippen molar-refractivity contribution >= 4 is 19.2 Å². The van der Waals surface area contributed by atoms with Gasteiger partial charge in [-0.15, -0.1) is 0 Å². The Morgan fingerprint density at radius 3 is 1.67 bits per heavy atom. The summed E-state index contributed by atoms with van der Waals surface area (Å²) in [4.78, 5) is 0. The monoisotopic (exact) mass is 498 g/mol. The van der Waals surface area contributed by atoms with Gasteiger partial charge in [0.25, 0.3) is 0 Å². The maximum absolute atomic E-state index is 14.6. The first kappa shape index (κ1) is 27.2. The molecule has 188 valence electrons. The Labute approximate surface area is 206 Å². The van der Waals surface area contributed by atoms with Crippen LogP contribution in [0.2, 0.25) is 5.02 Å². The lowest BCUT2D eigenvalue weighted by molar-refractivity contribution is -0.0153. The van der Waals surface area contributed by atoms with E-state index in [1.165, 1.54) is 0 Å². The van der Waals surface area contributed by atoms with Crippen LogP contribution in [0.4, 0.5) is 0 Å². The molecule has 6 heteroatoms. The predicted octanol–water partition coefficient (Wildman–Crippen LogP) is 8.48. The quantitative estimate of drug-likeness (QED) is 0.365. The molecule has 1 N–H and O–H groups in total. The molecule has 0 radical (unpaired) electrons. The minimum absolute atomic E-state index is 0.181. The number of hydrogen-bond acceptors (Lipinski definition) is 4. The average molecular weight is 499 g/mol. The maximum Gasteiger partial charge on any atom is 0.363 e. The molecule has 0 heterocycles. The van der Waals surface area contributed by atoms with Crippen LogP contribution < -0.4 is 0 Å². The van der Waals surface area contributed by atoms with Gasteiger partial charge in [-0.2, -0.15) is 0 Å². The van der Waals surface area contributed by atoms with E-state index in [9.17, 15) is 9.67 Å². The second-order valence-corrected chi connectivity index (χ2v) is 13.8. The molecule has 1 aromatic rings. The first-order chi connectivity index (χ1) is 15.5. The third-order valence-corrected chi connectivity index (χ3v) is 10.2. The molecule has 2 aliphatic rings. The number of aliphatic hydroxyl groups excluding tert-OH is 1. The lowest BCUT2D eigenvalue weighted by Gasteiger charge is -2.42. The number of aliphatic hydroxyl groups is 1. The first-order valence-corrected chi connectivity index (χ1v) is 14.9. The van der Waals surface area contributed by atoms with Gasteiger partial charge in [0.15, 0.2) is 5.85 Å². The summed E-state index contributed by atoms with van der Waals surface area (Å²) in [5.74, 6) is 1.13. The Morgan fingerprint density at radius 1 is 0.848 bits per heavy atom. The number of halogens is 1. The van der Waals surface area contributed by atoms with E-state index in [1.54, 1.807) is 24.3 Å². The Kier molecular flexibility index (Phi) is 9.54. The highest BCUT2D eigenvalue weighted by atomic mass is 35.5. The van der Waals surface area contributed by atoms with Gasteiger partial charge in [-0.25, -0.2) is 0 Å². The molecule has 3 rings (SSSR count). The summed E-state index contributed by atoms with van der Waals surface area (Å²) in [5, 5.41) is 12.0. The smallest absolute Gasteiger partial charge is 0.363 e. The van der Waals surface area contributed by atoms with Crippen LogP contribution in [0, 0.1) is 35.5 Å². The van der Waals surface area contributed by atoms with Crippen molar-refractivity contribution in [2.24, 2.45) is 35.5 Å². The molecular formula is C27H44ClO4P. The third-order valence-electron chi connectivity index (χ3n) is 7.95. The van der Waals surface area contributed by atoms with Crippen LogP contribution in [0.15, 0.2) is 24.3 Å². The minimum Gasteiger partial charge on any atom is -0.376 e. The highest BCUT2D eigenvalue weighted by molar-refractivity contribution is 7.54. The molecule has 0 aliphatic heterocycles. The summed E-state index contributed by atoms with van der Waals surface area (Å²) in [6.45, 7) is 13.3. The van der Waals surface area contributed by atoms with Gasteiger partial charge in [0.2, 0.25) is 0 Å². The Hall–Kier alpha value is -0.380. The molecular weight excluding hydrogens is 455 g/mol. The van der Waals surface area contributed by atoms with Gasteiger partial charge >= 0.3 is 7.60 Å². The molecule has 2 fully saturated rings. The van der Waals surface area contributed by atoms with Crippen LogP contribution >= 0.6 is 19.2 Å².